The second-order valence-electron chi connectivity index (χ2n) is 34.8. The second kappa shape index (κ2) is 57.8. The van der Waals surface area contributed by atoms with Crippen LogP contribution in [-0.2, 0) is 118 Å². The number of rotatable bonds is 34. The quantitative estimate of drug-likeness (QED) is 0.0290. The number of nitrogens with two attached hydrogens (primary N) is 8. The van der Waals surface area contributed by atoms with Gasteiger partial charge in [-0.15, -0.1) is 0 Å². The van der Waals surface area contributed by atoms with E-state index in [1.807, 2.05) is 0 Å². The molecule has 0 saturated carbocycles. The Balaban J connectivity index is 1.68. The minimum atomic E-state index is -2.04. The van der Waals surface area contributed by atoms with Gasteiger partial charge in [0, 0.05) is 61.8 Å². The molecule has 3 saturated heterocycles. The van der Waals surface area contributed by atoms with E-state index in [1.54, 1.807) is 41.5 Å². The zero-order chi connectivity index (χ0) is 103. The predicted octanol–water partition coefficient (Wildman–Crippen LogP) is -7.22. The molecule has 48 nitrogen and oxygen atoms in total. The lowest BCUT2D eigenvalue weighted by molar-refractivity contribution is -0.142. The summed E-state index contributed by atoms with van der Waals surface area (Å²) in [5.41, 5.74) is 47.0. The van der Waals surface area contributed by atoms with Crippen LogP contribution in [0.4, 0.5) is 0 Å². The van der Waals surface area contributed by atoms with Crippen LogP contribution in [-0.4, -0.2) is 296 Å². The van der Waals surface area contributed by atoms with Crippen molar-refractivity contribution in [1.29, 1.82) is 0 Å². The standard InChI is InChI=1S/C86H132N24O24S4/c1-9-43(7)69-83(131)97-51(23-25-63(89)113)75(123)101-57(33-65(91)115)77(125)105-59(85(133)109-27-11-13-61(109)81(129)103-53(29-41(3)4)73(121)95-35-67(93)117)39-138-136-38-50(88)72(120)100-56(32-46-17-21-48(112)22-18-46)80(128)108-70(44(8)10-2)84(132)98-52(24-26-64(90)114)76(124)102-58(34-66(92)116)78(126)106-60(40-137-135-37-49(87)71(119)99-55(79(127)107-69)31-45-15-19-47(111)20-16-45)86(134)110-28-12-14-62(110)82(130)104-54(30-42(5)6)74(122)96-36-68(94)118/h15-22,41-44,49-62,69-70,111-112H,9-14,23-40,87-88H2,1-8H3,(H2,89,113)(H2,90,114)(H2,91,115)(H2,92,116)(H2,93,117)(H2,94,118)(H,95,121)(H,96,122)(H,97,131)(H,98,132)(H,99,119)(H,100,120)(H,101,123)(H,102,124)(H,103,129)(H,104,130)(H,105,125)(H,106,126)(H,107,127)(H,108,128)/t43-,44-,49-,50-,51-,52?,53-,54-,55-,56?,57-,58-,59-,60?,61-,62-,69?,70-/m0/s1. The van der Waals surface area contributed by atoms with Crippen LogP contribution in [0.5, 0.6) is 11.5 Å². The molecular formula is C86H132N24O24S4. The lowest BCUT2D eigenvalue weighted by Crippen LogP contribution is -2.61. The summed E-state index contributed by atoms with van der Waals surface area (Å²) in [6.45, 7) is 11.9. The Morgan fingerprint density at radius 2 is 0.696 bits per heavy atom. The van der Waals surface area contributed by atoms with Gasteiger partial charge in [0.05, 0.1) is 38.0 Å². The van der Waals surface area contributed by atoms with Gasteiger partial charge in [0.2, 0.25) is 130 Å². The van der Waals surface area contributed by atoms with E-state index in [0.29, 0.717) is 11.1 Å². The number of amides is 22. The molecule has 5 rings (SSSR count). The van der Waals surface area contributed by atoms with Crippen LogP contribution in [0, 0.1) is 23.7 Å². The maximum Gasteiger partial charge on any atom is 0.246 e. The summed E-state index contributed by atoms with van der Waals surface area (Å²) in [6.07, 6.45) is -4.51. The van der Waals surface area contributed by atoms with E-state index in [0.717, 1.165) is 53.0 Å². The molecule has 32 N–H and O–H groups in total. The molecule has 4 unspecified atom stereocenters. The third kappa shape index (κ3) is 39.3. The monoisotopic (exact) mass is 2010 g/mol. The van der Waals surface area contributed by atoms with Gasteiger partial charge < -0.3 is 140 Å². The lowest BCUT2D eigenvalue weighted by atomic mass is 9.96. The fourth-order valence-corrected chi connectivity index (χ4v) is 19.2. The van der Waals surface area contributed by atoms with E-state index in [9.17, 15) is 106 Å². The normalized spacial score (nSPS) is 24.3. The molecule has 0 spiro atoms. The molecule has 764 valence electrons. The molecule has 2 aromatic rings. The van der Waals surface area contributed by atoms with Crippen molar-refractivity contribution in [3.05, 3.63) is 59.7 Å². The third-order valence-electron chi connectivity index (χ3n) is 22.6. The van der Waals surface area contributed by atoms with Crippen molar-refractivity contribution in [2.75, 3.05) is 49.2 Å². The largest absolute Gasteiger partial charge is 0.508 e. The summed E-state index contributed by atoms with van der Waals surface area (Å²) >= 11 is 0. The van der Waals surface area contributed by atoms with Crippen LogP contribution < -0.4 is 120 Å². The Morgan fingerprint density at radius 1 is 0.391 bits per heavy atom. The number of benzene rings is 2. The highest BCUT2D eigenvalue weighted by molar-refractivity contribution is 8.77. The van der Waals surface area contributed by atoms with Gasteiger partial charge >= 0.3 is 0 Å². The maximum atomic E-state index is 15.2. The van der Waals surface area contributed by atoms with E-state index < -0.39 is 302 Å². The summed E-state index contributed by atoms with van der Waals surface area (Å²) < 4.78 is 0. The number of nitrogens with one attached hydrogen (secondary N) is 14. The SMILES string of the molecule is CC[C@H](C)C1NC(=O)[C@H](Cc2ccc(O)cc2)NC(=O)[C@@H](N)CSSCC(C(=O)N2CCC[C@H]2C(=O)N[C@@H](CC(C)C)C(=O)NCC(N)=O)NC(=O)[C@H](CC(N)=O)NC(=O)C(CCC(N)=O)NC(=O)[C@H]([C@@H](C)CC)NC(=O)C(Cc2ccc(O)cc2)NC(=O)[C@@H](N)CSSC[C@@H](C(=O)N2CCC[C@H]2C(=O)N[C@@H](CC(C)C)C(=O)NCC(N)=O)NC(=O)[C@H](CC(N)=O)NC(=O)[C@H](CCC(N)=O)NC1=O. The van der Waals surface area contributed by atoms with Gasteiger partial charge in [-0.1, -0.05) is 136 Å². The predicted molar refractivity (Wildman–Crippen MR) is 509 cm³/mol. The second-order valence-corrected chi connectivity index (χ2v) is 39.9. The van der Waals surface area contributed by atoms with E-state index in [-0.39, 0.29) is 112 Å². The molecule has 3 aliphatic heterocycles. The number of nitrogens with zero attached hydrogens (tertiary/aromatic N) is 2. The van der Waals surface area contributed by atoms with Crippen molar-refractivity contribution >= 4 is 173 Å². The van der Waals surface area contributed by atoms with E-state index in [1.165, 1.54) is 62.4 Å². The number of phenols is 2. The van der Waals surface area contributed by atoms with Crippen LogP contribution in [0.2, 0.25) is 0 Å². The highest BCUT2D eigenvalue weighted by Crippen LogP contribution is 2.29. The molecule has 3 aliphatic rings. The first-order valence-corrected chi connectivity index (χ1v) is 50.1. The van der Waals surface area contributed by atoms with Gasteiger partial charge in [0.25, 0.3) is 0 Å². The minimum absolute atomic E-state index is 0.00372. The fraction of sp³-hybridized carbons (Fsp3) is 0.605. The van der Waals surface area contributed by atoms with Crippen molar-refractivity contribution in [2.45, 2.75) is 255 Å². The molecule has 52 heteroatoms. The Kier molecular flexibility index (Phi) is 48.7. The van der Waals surface area contributed by atoms with Crippen molar-refractivity contribution in [1.82, 2.24) is 84.2 Å². The number of primary amides is 6. The van der Waals surface area contributed by atoms with Crippen LogP contribution >= 0.6 is 43.2 Å². The van der Waals surface area contributed by atoms with Crippen molar-refractivity contribution in [3.8, 4) is 11.5 Å². The number of phenolic OH excluding ortho intramolecular Hbond substituents is 2. The first-order chi connectivity index (χ1) is 65.0. The Bertz CT molecular complexity index is 4380. The summed E-state index contributed by atoms with van der Waals surface area (Å²) in [5.74, 6) is -26.9. The molecule has 2 aromatic carbocycles. The molecule has 22 amide bonds. The Hall–Kier alpha value is -12.3. The van der Waals surface area contributed by atoms with Crippen LogP contribution in [0.3, 0.4) is 0 Å². The average molecular weight is 2010 g/mol. The first kappa shape index (κ1) is 116. The van der Waals surface area contributed by atoms with E-state index in [4.69, 9.17) is 45.9 Å². The van der Waals surface area contributed by atoms with Crippen LogP contribution in [0.1, 0.15) is 156 Å². The summed E-state index contributed by atoms with van der Waals surface area (Å²) in [4.78, 5) is 311. The number of aromatic hydroxyl groups is 2. The van der Waals surface area contributed by atoms with Gasteiger partial charge in [-0.2, -0.15) is 0 Å². The highest BCUT2D eigenvalue weighted by atomic mass is 33.1. The van der Waals surface area contributed by atoms with Gasteiger partial charge in [0.15, 0.2) is 0 Å². The molecule has 18 atom stereocenters. The number of likely N-dealkylation sites (tertiary alicyclic amines) is 2. The molecule has 0 aliphatic carbocycles. The Labute approximate surface area is 813 Å². The van der Waals surface area contributed by atoms with E-state index >= 15 is 9.59 Å². The number of hydrogen-bond acceptors (Lipinski definition) is 30. The number of carbonyl (C=O) groups excluding carboxylic acids is 22. The molecule has 138 heavy (non-hydrogen) atoms. The average Bonchev–Trinajstić information content (AvgIpc) is 1.68. The zero-order valence-electron chi connectivity index (χ0n) is 78.2. The fourth-order valence-electron chi connectivity index (χ4n) is 14.7. The lowest BCUT2D eigenvalue weighted by Gasteiger charge is -2.31. The van der Waals surface area contributed by atoms with Crippen molar-refractivity contribution < 1.29 is 116 Å². The van der Waals surface area contributed by atoms with Gasteiger partial charge in [-0.25, -0.2) is 0 Å². The van der Waals surface area contributed by atoms with Gasteiger partial charge in [0.1, 0.15) is 96.1 Å². The van der Waals surface area contributed by atoms with Crippen LogP contribution in [0.25, 0.3) is 0 Å². The number of carbonyl (C=O) groups is 22. The zero-order valence-corrected chi connectivity index (χ0v) is 81.4. The molecule has 0 bridgehead atoms. The summed E-state index contributed by atoms with van der Waals surface area (Å²) in [5, 5.41) is 55.7. The van der Waals surface area contributed by atoms with Gasteiger partial charge in [-0.05, 0) is 110 Å². The molecular weight excluding hydrogens is 1880 g/mol. The topological polar surface area (TPSA) is 799 Å². The molecule has 0 aromatic heterocycles. The Morgan fingerprint density at radius 3 is 1.00 bits per heavy atom. The molecule has 3 fully saturated rings. The smallest absolute Gasteiger partial charge is 0.246 e. The molecule has 0 radical (unpaired) electrons. The third-order valence-corrected chi connectivity index (χ3v) is 27.5. The summed E-state index contributed by atoms with van der Waals surface area (Å²) in [6, 6.07) is -15.4. The van der Waals surface area contributed by atoms with Gasteiger partial charge in [-0.3, -0.25) is 105 Å². The maximum absolute atomic E-state index is 15.2. The molecule has 3 heterocycles. The minimum Gasteiger partial charge on any atom is -0.508 e. The summed E-state index contributed by atoms with van der Waals surface area (Å²) in [7, 11) is 3.31. The van der Waals surface area contributed by atoms with Crippen molar-refractivity contribution in [3.63, 3.8) is 0 Å². The number of hydrogen-bond donors (Lipinski definition) is 24. The van der Waals surface area contributed by atoms with Crippen LogP contribution in [0.15, 0.2) is 48.5 Å². The first-order valence-electron chi connectivity index (χ1n) is 45.1. The van der Waals surface area contributed by atoms with Crippen molar-refractivity contribution in [2.24, 2.45) is 69.5 Å². The highest BCUT2D eigenvalue weighted by Gasteiger charge is 2.45. The van der Waals surface area contributed by atoms with E-state index in [2.05, 4.69) is 74.4 Å².